The molecule has 1 amide bonds. The van der Waals surface area contributed by atoms with Crippen molar-refractivity contribution in [1.29, 1.82) is 0 Å². The quantitative estimate of drug-likeness (QED) is 0.762. The number of nitrogens with two attached hydrogens (primary N) is 1. The van der Waals surface area contributed by atoms with E-state index in [1.807, 2.05) is 6.92 Å². The number of hydrogen-bond acceptors (Lipinski definition) is 6. The number of rotatable bonds is 4. The Morgan fingerprint density at radius 1 is 1.24 bits per heavy atom. The average molecular weight is 456 g/mol. The second kappa shape index (κ2) is 10.2. The van der Waals surface area contributed by atoms with Crippen molar-refractivity contribution in [2.75, 3.05) is 32.7 Å². The number of aromatic nitrogens is 2. The third kappa shape index (κ3) is 5.81. The van der Waals surface area contributed by atoms with Gasteiger partial charge in [0.15, 0.2) is 0 Å². The Labute approximate surface area is 178 Å². The van der Waals surface area contributed by atoms with Crippen LogP contribution >= 0.6 is 24.8 Å². The van der Waals surface area contributed by atoms with Crippen LogP contribution in [-0.4, -0.2) is 58.6 Å². The molecule has 1 unspecified atom stereocenters. The van der Waals surface area contributed by atoms with Crippen molar-refractivity contribution in [3.63, 3.8) is 0 Å². The minimum Gasteiger partial charge on any atom is -0.339 e. The third-order valence-electron chi connectivity index (χ3n) is 4.64. The number of alkyl halides is 3. The van der Waals surface area contributed by atoms with Gasteiger partial charge in [0.1, 0.15) is 0 Å². The first-order chi connectivity index (χ1) is 12.8. The molecule has 12 heteroatoms. The summed E-state index contributed by atoms with van der Waals surface area (Å²) in [6.07, 6.45) is -4.43. The smallest absolute Gasteiger partial charge is 0.339 e. The highest BCUT2D eigenvalue weighted by Gasteiger charge is 2.31. The maximum Gasteiger partial charge on any atom is 0.416 e. The fourth-order valence-electron chi connectivity index (χ4n) is 3.00. The maximum atomic E-state index is 12.9. The van der Waals surface area contributed by atoms with Crippen LogP contribution in [0.15, 0.2) is 28.8 Å². The Morgan fingerprint density at radius 3 is 2.48 bits per heavy atom. The van der Waals surface area contributed by atoms with E-state index in [1.54, 1.807) is 4.90 Å². The molecule has 1 fully saturated rings. The molecule has 1 aliphatic heterocycles. The molecule has 1 atom stereocenters. The van der Waals surface area contributed by atoms with E-state index in [2.05, 4.69) is 15.0 Å². The molecule has 162 valence electrons. The first-order valence-electron chi connectivity index (χ1n) is 8.52. The van der Waals surface area contributed by atoms with E-state index in [0.29, 0.717) is 32.1 Å². The predicted octanol–water partition coefficient (Wildman–Crippen LogP) is 2.76. The molecule has 29 heavy (non-hydrogen) atoms. The van der Waals surface area contributed by atoms with Gasteiger partial charge in [-0.25, -0.2) is 0 Å². The molecule has 1 aromatic carbocycles. The topological polar surface area (TPSA) is 88.5 Å². The van der Waals surface area contributed by atoms with E-state index in [-0.39, 0.29) is 54.7 Å². The van der Waals surface area contributed by atoms with Crippen LogP contribution in [0.3, 0.4) is 0 Å². The molecule has 1 aliphatic rings. The molecule has 2 heterocycles. The molecular weight excluding hydrogens is 434 g/mol. The van der Waals surface area contributed by atoms with E-state index in [0.717, 1.165) is 12.1 Å². The predicted molar refractivity (Wildman–Crippen MR) is 105 cm³/mol. The lowest BCUT2D eigenvalue weighted by molar-refractivity contribution is -0.137. The molecule has 1 aromatic heterocycles. The summed E-state index contributed by atoms with van der Waals surface area (Å²) in [5.41, 5.74) is 4.85. The molecule has 1 saturated heterocycles. The number of carbonyl (C=O) groups is 1. The summed E-state index contributed by atoms with van der Waals surface area (Å²) in [5, 5.41) is 3.82. The zero-order valence-electron chi connectivity index (χ0n) is 15.6. The van der Waals surface area contributed by atoms with Crippen molar-refractivity contribution in [3.8, 4) is 11.4 Å². The largest absolute Gasteiger partial charge is 0.416 e. The summed E-state index contributed by atoms with van der Waals surface area (Å²) < 4.78 is 43.9. The Balaban J connectivity index is 0.00000210. The first kappa shape index (κ1) is 25.2. The Bertz CT molecular complexity index is 810. The lowest BCUT2D eigenvalue weighted by Gasteiger charge is -2.36. The van der Waals surface area contributed by atoms with E-state index in [9.17, 15) is 18.0 Å². The van der Waals surface area contributed by atoms with Gasteiger partial charge in [0.2, 0.25) is 17.6 Å². The Kier molecular flexibility index (Phi) is 8.88. The average Bonchev–Trinajstić information content (AvgIpc) is 3.16. The van der Waals surface area contributed by atoms with Gasteiger partial charge in [-0.1, -0.05) is 17.3 Å². The molecule has 0 spiro atoms. The van der Waals surface area contributed by atoms with Crippen LogP contribution in [0.2, 0.25) is 0 Å². The van der Waals surface area contributed by atoms with Crippen molar-refractivity contribution in [2.24, 2.45) is 5.73 Å². The summed E-state index contributed by atoms with van der Waals surface area (Å²) in [4.78, 5) is 19.7. The first-order valence-corrected chi connectivity index (χ1v) is 8.52. The zero-order valence-corrected chi connectivity index (χ0v) is 17.2. The van der Waals surface area contributed by atoms with E-state index in [4.69, 9.17) is 10.3 Å². The number of nitrogens with zero attached hydrogens (tertiary/aromatic N) is 4. The van der Waals surface area contributed by atoms with Gasteiger partial charge in [0, 0.05) is 31.7 Å². The van der Waals surface area contributed by atoms with Crippen molar-refractivity contribution in [3.05, 3.63) is 35.7 Å². The summed E-state index contributed by atoms with van der Waals surface area (Å²) in [6, 6.07) is 4.59. The molecule has 3 rings (SSSR count). The van der Waals surface area contributed by atoms with Crippen molar-refractivity contribution < 1.29 is 22.5 Å². The Hall–Kier alpha value is -1.88. The van der Waals surface area contributed by atoms with Crippen molar-refractivity contribution in [1.82, 2.24) is 19.9 Å². The fraction of sp³-hybridized carbons (Fsp3) is 0.471. The van der Waals surface area contributed by atoms with Gasteiger partial charge >= 0.3 is 6.18 Å². The second-order valence-electron chi connectivity index (χ2n) is 6.33. The summed E-state index contributed by atoms with van der Waals surface area (Å²) >= 11 is 0. The number of halogens is 5. The van der Waals surface area contributed by atoms with Crippen LogP contribution < -0.4 is 5.73 Å². The molecule has 0 bridgehead atoms. The lowest BCUT2D eigenvalue weighted by atomic mass is 10.1. The van der Waals surface area contributed by atoms with Gasteiger partial charge in [-0.3, -0.25) is 9.69 Å². The molecule has 0 aliphatic carbocycles. The minimum atomic E-state index is -4.43. The minimum absolute atomic E-state index is 0. The highest BCUT2D eigenvalue weighted by atomic mass is 35.5. The molecule has 0 radical (unpaired) electrons. The number of hydrogen-bond donors (Lipinski definition) is 1. The standard InChI is InChI=1S/C17H20F3N5O2.2ClH/c1-11(24-5-7-25(8-6-24)14(26)10-21)16-22-15(23-27-16)12-3-2-4-13(9-12)17(18,19)20;;/h2-4,9,11H,5-8,10,21H2,1H3;2*1H. The van der Waals surface area contributed by atoms with Crippen LogP contribution in [0.1, 0.15) is 24.4 Å². The highest BCUT2D eigenvalue weighted by molar-refractivity contribution is 5.85. The van der Waals surface area contributed by atoms with Crippen LogP contribution in [0, 0.1) is 0 Å². The van der Waals surface area contributed by atoms with Gasteiger partial charge < -0.3 is 15.2 Å². The van der Waals surface area contributed by atoms with E-state index >= 15 is 0 Å². The monoisotopic (exact) mass is 455 g/mol. The van der Waals surface area contributed by atoms with Gasteiger partial charge in [0.05, 0.1) is 18.2 Å². The number of benzene rings is 1. The molecule has 0 saturated carbocycles. The van der Waals surface area contributed by atoms with Gasteiger partial charge in [-0.05, 0) is 19.1 Å². The van der Waals surface area contributed by atoms with Crippen LogP contribution in [0.5, 0.6) is 0 Å². The van der Waals surface area contributed by atoms with Gasteiger partial charge in [-0.15, -0.1) is 24.8 Å². The fourth-order valence-corrected chi connectivity index (χ4v) is 3.00. The maximum absolute atomic E-state index is 12.9. The highest BCUT2D eigenvalue weighted by Crippen LogP contribution is 2.32. The van der Waals surface area contributed by atoms with Crippen molar-refractivity contribution >= 4 is 30.7 Å². The van der Waals surface area contributed by atoms with Gasteiger partial charge in [0.25, 0.3) is 0 Å². The Morgan fingerprint density at radius 2 is 1.90 bits per heavy atom. The third-order valence-corrected chi connectivity index (χ3v) is 4.64. The molecular formula is C17H22Cl2F3N5O2. The van der Waals surface area contributed by atoms with Gasteiger partial charge in [-0.2, -0.15) is 18.2 Å². The summed E-state index contributed by atoms with van der Waals surface area (Å²) in [5.74, 6) is 0.341. The number of piperazine rings is 1. The van der Waals surface area contributed by atoms with Crippen molar-refractivity contribution in [2.45, 2.75) is 19.1 Å². The number of carbonyl (C=O) groups excluding carboxylic acids is 1. The molecule has 7 nitrogen and oxygen atoms in total. The molecule has 2 aromatic rings. The summed E-state index contributed by atoms with van der Waals surface area (Å²) in [7, 11) is 0. The SMILES string of the molecule is CC(c1nc(-c2cccc(C(F)(F)F)c2)no1)N1CCN(C(=O)CN)CC1.Cl.Cl. The van der Waals surface area contributed by atoms with Crippen LogP contribution in [-0.2, 0) is 11.0 Å². The van der Waals surface area contributed by atoms with E-state index < -0.39 is 11.7 Å². The van der Waals surface area contributed by atoms with E-state index in [1.165, 1.54) is 12.1 Å². The second-order valence-corrected chi connectivity index (χ2v) is 6.33. The lowest BCUT2D eigenvalue weighted by Crippen LogP contribution is -2.50. The van der Waals surface area contributed by atoms with Crippen LogP contribution in [0.25, 0.3) is 11.4 Å². The zero-order chi connectivity index (χ0) is 19.6. The summed E-state index contributed by atoms with van der Waals surface area (Å²) in [6.45, 7) is 4.20. The van der Waals surface area contributed by atoms with Crippen LogP contribution in [0.4, 0.5) is 13.2 Å². The number of amides is 1. The normalized spacial score (nSPS) is 16.0. The molecule has 2 N–H and O–H groups in total.